The van der Waals surface area contributed by atoms with E-state index < -0.39 is 9.84 Å². The summed E-state index contributed by atoms with van der Waals surface area (Å²) in [4.78, 5) is 4.57. The maximum atomic E-state index is 11.5. The summed E-state index contributed by atoms with van der Waals surface area (Å²) >= 11 is 0. The maximum absolute atomic E-state index is 11.5. The summed E-state index contributed by atoms with van der Waals surface area (Å²) in [6.45, 7) is 3.51. The molecule has 6 heteroatoms. The number of nitrogens with two attached hydrogens (primary N) is 1. The summed E-state index contributed by atoms with van der Waals surface area (Å²) in [7, 11) is -0.697. The molecule has 0 aromatic heterocycles. The van der Waals surface area contributed by atoms with E-state index in [1.165, 1.54) is 0 Å². The Hall–Kier alpha value is -0.170. The van der Waals surface area contributed by atoms with E-state index in [0.717, 1.165) is 26.1 Å². The Bertz CT molecular complexity index is 344. The number of hydrogen-bond donors (Lipinski definition) is 1. The molecule has 0 aromatic carbocycles. The Morgan fingerprint density at radius 3 is 2.69 bits per heavy atom. The first-order chi connectivity index (χ1) is 7.52. The zero-order valence-electron chi connectivity index (χ0n) is 9.80. The van der Waals surface area contributed by atoms with E-state index in [1.54, 1.807) is 0 Å². The SMILES string of the molecule is CN1CCN(C2CCS(=O)(=O)C2)C(CN)C1. The second kappa shape index (κ2) is 4.60. The molecule has 0 aromatic rings. The molecule has 0 aliphatic carbocycles. The Kier molecular flexibility index (Phi) is 3.53. The van der Waals surface area contributed by atoms with Crippen molar-refractivity contribution >= 4 is 9.84 Å². The third-order valence-corrected chi connectivity index (χ3v) is 5.43. The van der Waals surface area contributed by atoms with E-state index in [-0.39, 0.29) is 6.04 Å². The van der Waals surface area contributed by atoms with Gasteiger partial charge in [0.05, 0.1) is 11.5 Å². The number of hydrogen-bond acceptors (Lipinski definition) is 5. The van der Waals surface area contributed by atoms with Gasteiger partial charge in [-0.1, -0.05) is 0 Å². The van der Waals surface area contributed by atoms with Gasteiger partial charge in [0.25, 0.3) is 0 Å². The Morgan fingerprint density at radius 1 is 1.38 bits per heavy atom. The van der Waals surface area contributed by atoms with Crippen LogP contribution in [0.5, 0.6) is 0 Å². The standard InChI is InChI=1S/C10H21N3O2S/c1-12-3-4-13(10(6-11)7-12)9-2-5-16(14,15)8-9/h9-10H,2-8,11H2,1H3. The number of piperazine rings is 1. The fourth-order valence-electron chi connectivity index (χ4n) is 2.75. The molecule has 5 nitrogen and oxygen atoms in total. The van der Waals surface area contributed by atoms with E-state index in [4.69, 9.17) is 5.73 Å². The minimum atomic E-state index is -2.79. The minimum Gasteiger partial charge on any atom is -0.329 e. The number of sulfone groups is 1. The van der Waals surface area contributed by atoms with Gasteiger partial charge in [-0.25, -0.2) is 8.42 Å². The Morgan fingerprint density at radius 2 is 2.12 bits per heavy atom. The fraction of sp³-hybridized carbons (Fsp3) is 1.00. The van der Waals surface area contributed by atoms with E-state index >= 15 is 0 Å². The minimum absolute atomic E-state index is 0.201. The lowest BCUT2D eigenvalue weighted by molar-refractivity contribution is 0.0648. The monoisotopic (exact) mass is 247 g/mol. The molecule has 16 heavy (non-hydrogen) atoms. The van der Waals surface area contributed by atoms with Gasteiger partial charge in [-0.2, -0.15) is 0 Å². The smallest absolute Gasteiger partial charge is 0.151 e. The van der Waals surface area contributed by atoms with Crippen LogP contribution >= 0.6 is 0 Å². The molecule has 2 fully saturated rings. The molecule has 0 saturated carbocycles. The van der Waals surface area contributed by atoms with Gasteiger partial charge in [-0.15, -0.1) is 0 Å². The lowest BCUT2D eigenvalue weighted by atomic mass is 10.1. The normalized spacial score (nSPS) is 36.6. The molecule has 0 spiro atoms. The molecule has 0 amide bonds. The average molecular weight is 247 g/mol. The van der Waals surface area contributed by atoms with E-state index in [1.807, 2.05) is 0 Å². The molecule has 0 bridgehead atoms. The van der Waals surface area contributed by atoms with Crippen LogP contribution in [-0.4, -0.2) is 75.0 Å². The Labute approximate surface area is 97.5 Å². The van der Waals surface area contributed by atoms with E-state index in [2.05, 4.69) is 16.8 Å². The molecule has 2 rings (SSSR count). The van der Waals surface area contributed by atoms with Crippen LogP contribution in [-0.2, 0) is 9.84 Å². The van der Waals surface area contributed by atoms with Crippen molar-refractivity contribution in [3.63, 3.8) is 0 Å². The molecule has 2 saturated heterocycles. The van der Waals surface area contributed by atoms with Crippen molar-refractivity contribution in [3.8, 4) is 0 Å². The second-order valence-corrected chi connectivity index (χ2v) is 7.18. The van der Waals surface area contributed by atoms with Crippen molar-refractivity contribution in [1.82, 2.24) is 9.80 Å². The highest BCUT2D eigenvalue weighted by molar-refractivity contribution is 7.91. The highest BCUT2D eigenvalue weighted by atomic mass is 32.2. The molecule has 2 heterocycles. The number of rotatable bonds is 2. The predicted octanol–water partition coefficient (Wildman–Crippen LogP) is -1.25. The summed E-state index contributed by atoms with van der Waals surface area (Å²) in [6.07, 6.45) is 0.780. The van der Waals surface area contributed by atoms with Crippen LogP contribution in [0, 0.1) is 0 Å². The zero-order valence-corrected chi connectivity index (χ0v) is 10.6. The molecule has 0 radical (unpaired) electrons. The lowest BCUT2D eigenvalue weighted by Crippen LogP contribution is -2.58. The quantitative estimate of drug-likeness (QED) is 0.660. The lowest BCUT2D eigenvalue weighted by Gasteiger charge is -2.42. The largest absolute Gasteiger partial charge is 0.329 e. The van der Waals surface area contributed by atoms with Crippen molar-refractivity contribution in [2.75, 3.05) is 44.7 Å². The van der Waals surface area contributed by atoms with Gasteiger partial charge in [0, 0.05) is 38.3 Å². The van der Waals surface area contributed by atoms with Crippen molar-refractivity contribution in [1.29, 1.82) is 0 Å². The average Bonchev–Trinajstić information content (AvgIpc) is 2.58. The van der Waals surface area contributed by atoms with E-state index in [9.17, 15) is 8.42 Å². The molecule has 2 atom stereocenters. The van der Waals surface area contributed by atoms with Crippen LogP contribution in [0.4, 0.5) is 0 Å². The molecule has 2 aliphatic heterocycles. The first-order valence-corrected chi connectivity index (χ1v) is 7.69. The van der Waals surface area contributed by atoms with Gasteiger partial charge in [0.15, 0.2) is 9.84 Å². The highest BCUT2D eigenvalue weighted by Gasteiger charge is 2.36. The molecule has 94 valence electrons. The molecule has 2 N–H and O–H groups in total. The summed E-state index contributed by atoms with van der Waals surface area (Å²) in [5, 5.41) is 0. The number of likely N-dealkylation sites (N-methyl/N-ethyl adjacent to an activating group) is 1. The molecular weight excluding hydrogens is 226 g/mol. The summed E-state index contributed by atoms with van der Waals surface area (Å²) in [6, 6.07) is 0.518. The van der Waals surface area contributed by atoms with Gasteiger partial charge in [0.2, 0.25) is 0 Å². The maximum Gasteiger partial charge on any atom is 0.151 e. The molecule has 2 aliphatic rings. The van der Waals surface area contributed by atoms with Crippen LogP contribution in [0.25, 0.3) is 0 Å². The van der Waals surface area contributed by atoms with Crippen LogP contribution in [0.15, 0.2) is 0 Å². The van der Waals surface area contributed by atoms with Crippen molar-refractivity contribution in [2.45, 2.75) is 18.5 Å². The van der Waals surface area contributed by atoms with Crippen molar-refractivity contribution < 1.29 is 8.42 Å². The first-order valence-electron chi connectivity index (χ1n) is 5.86. The van der Waals surface area contributed by atoms with Gasteiger partial charge in [0.1, 0.15) is 0 Å². The Balaban J connectivity index is 2.03. The summed E-state index contributed by atoms with van der Waals surface area (Å²) in [5.41, 5.74) is 5.77. The molecular formula is C10H21N3O2S. The summed E-state index contributed by atoms with van der Waals surface area (Å²) in [5.74, 6) is 0.675. The number of nitrogens with zero attached hydrogens (tertiary/aromatic N) is 2. The molecule has 2 unspecified atom stereocenters. The van der Waals surface area contributed by atoms with Crippen molar-refractivity contribution in [3.05, 3.63) is 0 Å². The zero-order chi connectivity index (χ0) is 11.8. The van der Waals surface area contributed by atoms with Crippen LogP contribution in [0.1, 0.15) is 6.42 Å². The second-order valence-electron chi connectivity index (χ2n) is 4.95. The van der Waals surface area contributed by atoms with E-state index in [0.29, 0.717) is 24.1 Å². The van der Waals surface area contributed by atoms with Crippen LogP contribution in [0.2, 0.25) is 0 Å². The topological polar surface area (TPSA) is 66.6 Å². The van der Waals surface area contributed by atoms with Crippen LogP contribution < -0.4 is 5.73 Å². The highest BCUT2D eigenvalue weighted by Crippen LogP contribution is 2.21. The van der Waals surface area contributed by atoms with Gasteiger partial charge < -0.3 is 10.6 Å². The fourth-order valence-corrected chi connectivity index (χ4v) is 4.49. The predicted molar refractivity (Wildman–Crippen MR) is 64.1 cm³/mol. The first kappa shape index (κ1) is 12.3. The van der Waals surface area contributed by atoms with Gasteiger partial charge in [-0.05, 0) is 13.5 Å². The van der Waals surface area contributed by atoms with Gasteiger partial charge in [-0.3, -0.25) is 4.90 Å². The third kappa shape index (κ3) is 2.56. The van der Waals surface area contributed by atoms with Crippen molar-refractivity contribution in [2.24, 2.45) is 5.73 Å². The third-order valence-electron chi connectivity index (χ3n) is 3.68. The van der Waals surface area contributed by atoms with Crippen LogP contribution in [0.3, 0.4) is 0 Å². The summed E-state index contributed by atoms with van der Waals surface area (Å²) < 4.78 is 22.9. The van der Waals surface area contributed by atoms with Gasteiger partial charge >= 0.3 is 0 Å².